The van der Waals surface area contributed by atoms with Gasteiger partial charge < -0.3 is 19.5 Å². The third-order valence-electron chi connectivity index (χ3n) is 6.51. The van der Waals surface area contributed by atoms with E-state index in [1.165, 1.54) is 18.3 Å². The number of morpholine rings is 1. The van der Waals surface area contributed by atoms with Gasteiger partial charge in [0.25, 0.3) is 5.91 Å². The van der Waals surface area contributed by atoms with Gasteiger partial charge in [-0.3, -0.25) is 4.79 Å². The number of hydrogen-bond acceptors (Lipinski definition) is 7. The normalized spacial score (nSPS) is 18.9. The maximum absolute atomic E-state index is 13.2. The molecule has 0 aliphatic carbocycles. The number of hydrogen-bond donors (Lipinski definition) is 1. The second-order valence-corrected chi connectivity index (χ2v) is 9.42. The zero-order valence-electron chi connectivity index (χ0n) is 20.8. The Morgan fingerprint density at radius 2 is 1.62 bits per heavy atom. The summed E-state index contributed by atoms with van der Waals surface area (Å²) < 4.78 is 7.11. The lowest BCUT2D eigenvalue weighted by molar-refractivity contribution is -0.0256. The zero-order valence-corrected chi connectivity index (χ0v) is 20.8. The van der Waals surface area contributed by atoms with Gasteiger partial charge in [-0.2, -0.15) is 0 Å². The molecule has 0 unspecified atom stereocenters. The van der Waals surface area contributed by atoms with Crippen LogP contribution in [0.3, 0.4) is 0 Å². The van der Waals surface area contributed by atoms with Crippen molar-refractivity contribution in [2.45, 2.75) is 21.5 Å². The summed E-state index contributed by atoms with van der Waals surface area (Å²) in [5.41, 5.74) is 2.57. The van der Waals surface area contributed by atoms with Crippen molar-refractivity contribution in [3.63, 3.8) is 0 Å². The van der Waals surface area contributed by atoms with Gasteiger partial charge in [0, 0.05) is 29.8 Å². The number of rotatable bonds is 4. The fraction of sp³-hybridized carbons (Fsp3) is 0.227. The van der Waals surface area contributed by atoms with Gasteiger partial charge in [0.05, 0.1) is 55.1 Å². The first-order valence-corrected chi connectivity index (χ1v) is 11.5. The molecule has 4 aromatic rings. The van der Waals surface area contributed by atoms with Crippen molar-refractivity contribution in [1.29, 1.82) is 0 Å². The number of carbonyl (C=O) groups excluding carboxylic acids is 1. The van der Waals surface area contributed by atoms with Crippen molar-refractivity contribution in [3.8, 4) is 11.3 Å². The molecule has 1 fully saturated rings. The van der Waals surface area contributed by atoms with E-state index in [-0.39, 0.29) is 17.2 Å². The molecule has 39 heavy (non-hydrogen) atoms. The molecule has 1 N–H and O–H groups in total. The van der Waals surface area contributed by atoms with Crippen molar-refractivity contribution in [2.24, 2.45) is 7.05 Å². The van der Waals surface area contributed by atoms with Gasteiger partial charge in [-0.25, -0.2) is 9.97 Å². The van der Waals surface area contributed by atoms with Gasteiger partial charge in [-0.05, 0) is 51.8 Å². The van der Waals surface area contributed by atoms with E-state index in [0.29, 0.717) is 5.52 Å². The summed E-state index contributed by atoms with van der Waals surface area (Å²) in [6, 6.07) is 10.1. The lowest BCUT2D eigenvalue weighted by atomic mass is 9.30. The number of amides is 1. The minimum atomic E-state index is -2.33. The van der Waals surface area contributed by atoms with E-state index in [1.807, 2.05) is 29.8 Å². The Balaban J connectivity index is 1.46. The Kier molecular flexibility index (Phi) is 6.37. The number of imidazole rings is 1. The topological polar surface area (TPSA) is 98.1 Å². The van der Waals surface area contributed by atoms with Gasteiger partial charge >= 0.3 is 0 Å². The molecule has 3 aromatic heterocycles. The largest absolute Gasteiger partial charge is 0.405 e. The molecule has 17 heteroatoms. The van der Waals surface area contributed by atoms with Crippen LogP contribution in [0.2, 0.25) is 0 Å². The number of fused-ring (bicyclic) bond motifs is 1. The number of nitrogens with one attached hydrogen (secondary N) is 1. The molecular formula is C22H13B8N7O2. The molecule has 0 spiro atoms. The van der Waals surface area contributed by atoms with Gasteiger partial charge in [0.15, 0.2) is 5.82 Å². The predicted molar refractivity (Wildman–Crippen MR) is 154 cm³/mol. The lowest BCUT2D eigenvalue weighted by Gasteiger charge is -2.70. The van der Waals surface area contributed by atoms with Gasteiger partial charge in [0.2, 0.25) is 0 Å². The number of benzene rings is 1. The molecule has 16 radical (unpaired) electrons. The van der Waals surface area contributed by atoms with Gasteiger partial charge in [-0.1, -0.05) is 6.07 Å². The molecular weight excluding hydrogens is 481 g/mol. The number of pyridine rings is 1. The molecule has 1 aromatic carbocycles. The number of ether oxygens (including phenoxy) is 1. The fourth-order valence-corrected chi connectivity index (χ4v) is 4.25. The van der Waals surface area contributed by atoms with Crippen molar-refractivity contribution in [1.82, 2.24) is 24.7 Å². The van der Waals surface area contributed by atoms with Crippen LogP contribution in [-0.4, -0.2) is 115 Å². The number of anilines is 2. The molecule has 5 rings (SSSR count). The van der Waals surface area contributed by atoms with Crippen LogP contribution in [0, 0.1) is 0 Å². The maximum atomic E-state index is 13.2. The number of nitrogens with zero attached hydrogens (tertiary/aromatic N) is 6. The third-order valence-corrected chi connectivity index (χ3v) is 6.51. The average molecular weight is 494 g/mol. The quantitative estimate of drug-likeness (QED) is 0.345. The van der Waals surface area contributed by atoms with Crippen molar-refractivity contribution in [3.05, 3.63) is 60.7 Å². The molecule has 1 amide bonds. The number of aryl methyl sites for hydroxylation is 1. The first-order chi connectivity index (χ1) is 18.1. The van der Waals surface area contributed by atoms with Crippen molar-refractivity contribution < 1.29 is 9.53 Å². The molecule has 0 atom stereocenters. The second-order valence-electron chi connectivity index (χ2n) is 9.42. The van der Waals surface area contributed by atoms with Crippen molar-refractivity contribution >= 4 is 91.2 Å². The Labute approximate surface area is 235 Å². The Morgan fingerprint density at radius 1 is 0.923 bits per heavy atom. The monoisotopic (exact) mass is 495 g/mol. The van der Waals surface area contributed by atoms with E-state index in [4.69, 9.17) is 67.5 Å². The highest BCUT2D eigenvalue weighted by atomic mass is 16.5. The minimum absolute atomic E-state index is 0.0999. The first kappa shape index (κ1) is 27.2. The van der Waals surface area contributed by atoms with E-state index in [2.05, 4.69) is 25.5 Å². The van der Waals surface area contributed by atoms with Gasteiger partial charge in [-0.15, -0.1) is 10.2 Å². The molecule has 1 saturated heterocycles. The first-order valence-electron chi connectivity index (χ1n) is 11.5. The molecule has 1 aliphatic heterocycles. The van der Waals surface area contributed by atoms with Crippen LogP contribution < -0.4 is 10.2 Å². The summed E-state index contributed by atoms with van der Waals surface area (Å²) in [4.78, 5) is 22.4. The Bertz CT molecular complexity index is 1570. The summed E-state index contributed by atoms with van der Waals surface area (Å²) in [5, 5.41) is 2.54. The third kappa shape index (κ3) is 4.50. The van der Waals surface area contributed by atoms with Crippen molar-refractivity contribution in [2.75, 3.05) is 10.2 Å². The molecule has 0 bridgehead atoms. The second kappa shape index (κ2) is 9.11. The fourth-order valence-electron chi connectivity index (χ4n) is 4.25. The predicted octanol–water partition coefficient (Wildman–Crippen LogP) is -1.52. The summed E-state index contributed by atoms with van der Waals surface area (Å²) >= 11 is 0. The van der Waals surface area contributed by atoms with E-state index in [1.54, 1.807) is 18.6 Å². The minimum Gasteiger partial charge on any atom is -0.405 e. The zero-order chi connectivity index (χ0) is 28.4. The lowest BCUT2D eigenvalue weighted by Crippen LogP contribution is -2.86. The molecule has 1 aliphatic rings. The van der Waals surface area contributed by atoms with E-state index in [9.17, 15) is 4.79 Å². The molecule has 0 saturated carbocycles. The van der Waals surface area contributed by atoms with Crippen LogP contribution >= 0.6 is 0 Å². The van der Waals surface area contributed by atoms with E-state index >= 15 is 0 Å². The average Bonchev–Trinajstić information content (AvgIpc) is 3.28. The van der Waals surface area contributed by atoms with Crippen LogP contribution in [-0.2, 0) is 11.8 Å². The molecule has 9 nitrogen and oxygen atoms in total. The number of carbonyl (C=O) groups is 1. The SMILES string of the molecule is [B]C1([B])OC([B])([B])C([B])([B])N(c2cc(C(=O)Nc3cc4cc(-c5cncn5C)ccc4nn3)ccn2)C1([B])[B]. The van der Waals surface area contributed by atoms with Crippen LogP contribution in [0.5, 0.6) is 0 Å². The summed E-state index contributed by atoms with van der Waals surface area (Å²) in [6.07, 6.45) is 4.75. The smallest absolute Gasteiger partial charge is 0.257 e. The van der Waals surface area contributed by atoms with Gasteiger partial charge in [0.1, 0.15) is 37.2 Å². The van der Waals surface area contributed by atoms with Crippen LogP contribution in [0.25, 0.3) is 22.2 Å². The number of aromatic nitrogens is 5. The standard InChI is InChI=1S/C22H13B8N7O2/c1-36-10-31-9-15(36)11-2-3-14-13(6-11)7-16(35-34-14)33-18(38)12-4-5-32-17(8-12)37-19(23,24)21(27,28)39-22(29,30)20(37,25)26/h2-10H,1H3,(H,33,35,38). The Morgan fingerprint density at radius 3 is 2.26 bits per heavy atom. The highest BCUT2D eigenvalue weighted by Crippen LogP contribution is 2.42. The van der Waals surface area contributed by atoms with E-state index < -0.39 is 27.4 Å². The van der Waals surface area contributed by atoms with Crippen LogP contribution in [0.1, 0.15) is 10.4 Å². The highest BCUT2D eigenvalue weighted by molar-refractivity contribution is 6.61. The van der Waals surface area contributed by atoms with E-state index in [0.717, 1.165) is 21.5 Å². The highest BCUT2D eigenvalue weighted by Gasteiger charge is 2.57. The maximum Gasteiger partial charge on any atom is 0.257 e. The Hall–Kier alpha value is -3.33. The molecule has 4 heterocycles. The summed E-state index contributed by atoms with van der Waals surface area (Å²) in [5.74, 6) is -0.475. The summed E-state index contributed by atoms with van der Waals surface area (Å²) in [7, 11) is 50.4. The summed E-state index contributed by atoms with van der Waals surface area (Å²) in [6.45, 7) is 0. The van der Waals surface area contributed by atoms with Crippen LogP contribution in [0.4, 0.5) is 11.6 Å². The molecule has 172 valence electrons. The van der Waals surface area contributed by atoms with Crippen LogP contribution in [0.15, 0.2) is 55.1 Å².